The van der Waals surface area contributed by atoms with Crippen molar-refractivity contribution in [3.8, 4) is 0 Å². The number of rotatable bonds is 7. The van der Waals surface area contributed by atoms with Crippen LogP contribution in [0.1, 0.15) is 44.9 Å². The summed E-state index contributed by atoms with van der Waals surface area (Å²) in [4.78, 5) is 18.2. The molecule has 0 aromatic heterocycles. The Kier molecular flexibility index (Phi) is 8.15. The first kappa shape index (κ1) is 18.3. The Balaban J connectivity index is 1.83. The summed E-state index contributed by atoms with van der Waals surface area (Å²) >= 11 is 0. The number of benzene rings is 1. The normalized spacial score (nSPS) is 15.2. The van der Waals surface area contributed by atoms with E-state index in [1.54, 1.807) is 0 Å². The summed E-state index contributed by atoms with van der Waals surface area (Å²) in [7, 11) is 1.44. The molecule has 0 unspecified atom stereocenters. The lowest BCUT2D eigenvalue weighted by molar-refractivity contribution is -0.140. The predicted octanol–water partition coefficient (Wildman–Crippen LogP) is 3.67. The average Bonchev–Trinajstić information content (AvgIpc) is 2.64. The van der Waals surface area contributed by atoms with Gasteiger partial charge in [0.05, 0.1) is 7.11 Å². The van der Waals surface area contributed by atoms with E-state index in [1.165, 1.54) is 26.4 Å². The smallest absolute Gasteiger partial charge is 0.305 e. The van der Waals surface area contributed by atoms with Crippen LogP contribution in [-0.2, 0) is 9.53 Å². The van der Waals surface area contributed by atoms with E-state index in [1.807, 2.05) is 18.2 Å². The van der Waals surface area contributed by atoms with Crippen LogP contribution in [0.25, 0.3) is 0 Å². The number of methoxy groups -OCH3 is 1. The van der Waals surface area contributed by atoms with Crippen LogP contribution >= 0.6 is 0 Å². The van der Waals surface area contributed by atoms with Gasteiger partial charge in [-0.25, -0.2) is 0 Å². The van der Waals surface area contributed by atoms with Crippen molar-refractivity contribution >= 4 is 17.6 Å². The Hall–Kier alpha value is -2.04. The summed E-state index contributed by atoms with van der Waals surface area (Å²) in [5.74, 6) is 0.854. The van der Waals surface area contributed by atoms with Crippen molar-refractivity contribution in [2.24, 2.45) is 4.99 Å². The number of carbonyl (C=O) groups excluding carboxylic acids is 1. The topological polar surface area (TPSA) is 53.9 Å². The maximum Gasteiger partial charge on any atom is 0.305 e. The first-order valence-electron chi connectivity index (χ1n) is 8.98. The Morgan fingerprint density at radius 2 is 1.88 bits per heavy atom. The Morgan fingerprint density at radius 3 is 2.58 bits per heavy atom. The van der Waals surface area contributed by atoms with E-state index in [-0.39, 0.29) is 5.97 Å². The van der Waals surface area contributed by atoms with Crippen molar-refractivity contribution < 1.29 is 9.53 Å². The number of unbranched alkanes of at least 4 members (excludes halogenated alkanes) is 2. The van der Waals surface area contributed by atoms with Gasteiger partial charge in [0.25, 0.3) is 0 Å². The van der Waals surface area contributed by atoms with Gasteiger partial charge in [-0.3, -0.25) is 9.79 Å². The van der Waals surface area contributed by atoms with E-state index in [0.29, 0.717) is 6.42 Å². The molecule has 5 heteroatoms. The minimum absolute atomic E-state index is 0.127. The molecule has 1 heterocycles. The van der Waals surface area contributed by atoms with Crippen LogP contribution in [0.15, 0.2) is 35.3 Å². The molecule has 1 fully saturated rings. The highest BCUT2D eigenvalue weighted by Gasteiger charge is 2.14. The number of esters is 1. The van der Waals surface area contributed by atoms with Crippen LogP contribution in [0.4, 0.5) is 5.69 Å². The first-order valence-corrected chi connectivity index (χ1v) is 8.98. The van der Waals surface area contributed by atoms with Crippen molar-refractivity contribution in [2.75, 3.05) is 32.1 Å². The van der Waals surface area contributed by atoms with Gasteiger partial charge in [-0.05, 0) is 44.2 Å². The highest BCUT2D eigenvalue weighted by atomic mass is 16.5. The zero-order valence-corrected chi connectivity index (χ0v) is 14.7. The van der Waals surface area contributed by atoms with Gasteiger partial charge in [0.1, 0.15) is 0 Å². The van der Waals surface area contributed by atoms with E-state index in [4.69, 9.17) is 4.99 Å². The molecule has 0 bridgehead atoms. The second-order valence-electron chi connectivity index (χ2n) is 6.13. The molecule has 132 valence electrons. The van der Waals surface area contributed by atoms with Crippen LogP contribution in [-0.4, -0.2) is 43.6 Å². The largest absolute Gasteiger partial charge is 0.469 e. The van der Waals surface area contributed by atoms with Gasteiger partial charge in [-0.1, -0.05) is 24.6 Å². The molecule has 1 aliphatic rings. The van der Waals surface area contributed by atoms with E-state index in [9.17, 15) is 4.79 Å². The molecule has 1 aliphatic heterocycles. The fourth-order valence-electron chi connectivity index (χ4n) is 2.82. The SMILES string of the molecule is COC(=O)CCCCCN=C(Nc1ccccc1)N1CCCCC1. The molecule has 0 atom stereocenters. The first-order chi connectivity index (χ1) is 11.8. The molecular weight excluding hydrogens is 302 g/mol. The molecule has 5 nitrogen and oxygen atoms in total. The fraction of sp³-hybridized carbons (Fsp3) is 0.579. The zero-order chi connectivity index (χ0) is 17.0. The van der Waals surface area contributed by atoms with E-state index in [0.717, 1.165) is 50.5 Å². The lowest BCUT2D eigenvalue weighted by Crippen LogP contribution is -2.40. The van der Waals surface area contributed by atoms with Crippen molar-refractivity contribution in [3.63, 3.8) is 0 Å². The average molecular weight is 331 g/mol. The van der Waals surface area contributed by atoms with Crippen LogP contribution in [0.5, 0.6) is 0 Å². The van der Waals surface area contributed by atoms with Crippen molar-refractivity contribution in [2.45, 2.75) is 44.9 Å². The molecule has 0 saturated carbocycles. The molecule has 1 saturated heterocycles. The number of carbonyl (C=O) groups is 1. The standard InChI is InChI=1S/C19H29N3O2/c1-24-18(23)13-7-3-8-14-20-19(22-15-9-4-10-16-22)21-17-11-5-2-6-12-17/h2,5-6,11-12H,3-4,7-10,13-16H2,1H3,(H,20,21). The van der Waals surface area contributed by atoms with E-state index < -0.39 is 0 Å². The van der Waals surface area contributed by atoms with E-state index >= 15 is 0 Å². The number of hydrogen-bond acceptors (Lipinski definition) is 3. The summed E-state index contributed by atoms with van der Waals surface area (Å²) in [6, 6.07) is 10.2. The molecule has 24 heavy (non-hydrogen) atoms. The van der Waals surface area contributed by atoms with E-state index in [2.05, 4.69) is 27.1 Å². The van der Waals surface area contributed by atoms with Crippen molar-refractivity contribution in [1.82, 2.24) is 4.90 Å². The van der Waals surface area contributed by atoms with Crippen LogP contribution in [0, 0.1) is 0 Å². The number of anilines is 1. The highest BCUT2D eigenvalue weighted by Crippen LogP contribution is 2.13. The van der Waals surface area contributed by atoms with Gasteiger partial charge in [0.2, 0.25) is 0 Å². The zero-order valence-electron chi connectivity index (χ0n) is 14.7. The minimum atomic E-state index is -0.127. The molecule has 0 amide bonds. The minimum Gasteiger partial charge on any atom is -0.469 e. The van der Waals surface area contributed by atoms with Gasteiger partial charge in [-0.2, -0.15) is 0 Å². The third kappa shape index (κ3) is 6.60. The van der Waals surface area contributed by atoms with Crippen LogP contribution in [0.2, 0.25) is 0 Å². The van der Waals surface area contributed by atoms with Crippen LogP contribution < -0.4 is 5.32 Å². The highest BCUT2D eigenvalue weighted by molar-refractivity contribution is 5.93. The number of ether oxygens (including phenoxy) is 1. The van der Waals surface area contributed by atoms with Gasteiger partial charge >= 0.3 is 5.97 Å². The number of hydrogen-bond donors (Lipinski definition) is 1. The number of para-hydroxylation sites is 1. The number of nitrogens with one attached hydrogen (secondary N) is 1. The summed E-state index contributed by atoms with van der Waals surface area (Å²) in [5, 5.41) is 3.47. The lowest BCUT2D eigenvalue weighted by Gasteiger charge is -2.30. The maximum atomic E-state index is 11.1. The molecule has 1 aromatic rings. The molecule has 1 aromatic carbocycles. The number of aliphatic imine (C=N–C) groups is 1. The van der Waals surface area contributed by atoms with Gasteiger partial charge < -0.3 is 15.0 Å². The molecule has 0 aliphatic carbocycles. The van der Waals surface area contributed by atoms with Crippen molar-refractivity contribution in [3.05, 3.63) is 30.3 Å². The molecular formula is C19H29N3O2. The molecule has 2 rings (SSSR count). The van der Waals surface area contributed by atoms with Crippen molar-refractivity contribution in [1.29, 1.82) is 0 Å². The fourth-order valence-corrected chi connectivity index (χ4v) is 2.82. The Bertz CT molecular complexity index is 511. The van der Waals surface area contributed by atoms with Gasteiger partial charge in [-0.15, -0.1) is 0 Å². The summed E-state index contributed by atoms with van der Waals surface area (Å²) in [6.07, 6.45) is 7.13. The maximum absolute atomic E-state index is 11.1. The molecule has 0 spiro atoms. The number of guanidine groups is 1. The number of likely N-dealkylation sites (tertiary alicyclic amines) is 1. The third-order valence-electron chi connectivity index (χ3n) is 4.21. The quantitative estimate of drug-likeness (QED) is 0.358. The number of piperidine rings is 1. The predicted molar refractivity (Wildman–Crippen MR) is 98.3 cm³/mol. The lowest BCUT2D eigenvalue weighted by atomic mass is 10.1. The van der Waals surface area contributed by atoms with Crippen LogP contribution in [0.3, 0.4) is 0 Å². The summed E-state index contributed by atoms with van der Waals surface area (Å²) in [6.45, 7) is 2.93. The molecule has 1 N–H and O–H groups in total. The monoisotopic (exact) mass is 331 g/mol. The van der Waals surface area contributed by atoms with Gasteiger partial charge in [0, 0.05) is 31.7 Å². The number of nitrogens with zero attached hydrogens (tertiary/aromatic N) is 2. The third-order valence-corrected chi connectivity index (χ3v) is 4.21. The second-order valence-corrected chi connectivity index (χ2v) is 6.13. The summed E-state index contributed by atoms with van der Waals surface area (Å²) in [5.41, 5.74) is 1.08. The second kappa shape index (κ2) is 10.7. The van der Waals surface area contributed by atoms with Gasteiger partial charge in [0.15, 0.2) is 5.96 Å². The summed E-state index contributed by atoms with van der Waals surface area (Å²) < 4.78 is 4.66. The molecule has 0 radical (unpaired) electrons. The Morgan fingerprint density at radius 1 is 1.12 bits per heavy atom. The Labute approximate surface area is 145 Å².